The summed E-state index contributed by atoms with van der Waals surface area (Å²) >= 11 is 0. The SMILES string of the molecule is O=C(c1cccc(Cn2c(=O)[nH]c(=O)c3ccccc32)c1)N1CCN(c2ncccn2)CC1. The van der Waals surface area contributed by atoms with Gasteiger partial charge in [-0.3, -0.25) is 19.1 Å². The Morgan fingerprint density at radius 3 is 2.45 bits per heavy atom. The Kier molecular flexibility index (Phi) is 5.43. The van der Waals surface area contributed by atoms with Crippen molar-refractivity contribution in [3.63, 3.8) is 0 Å². The first-order valence-electron chi connectivity index (χ1n) is 10.7. The molecular formula is C24H22N6O3. The van der Waals surface area contributed by atoms with Gasteiger partial charge in [-0.2, -0.15) is 0 Å². The molecule has 0 radical (unpaired) electrons. The van der Waals surface area contributed by atoms with Crippen molar-refractivity contribution in [1.29, 1.82) is 0 Å². The van der Waals surface area contributed by atoms with Gasteiger partial charge in [0.1, 0.15) is 0 Å². The molecule has 1 saturated heterocycles. The predicted octanol–water partition coefficient (Wildman–Crippen LogP) is 1.49. The van der Waals surface area contributed by atoms with Crippen LogP contribution in [-0.2, 0) is 6.54 Å². The highest BCUT2D eigenvalue weighted by molar-refractivity contribution is 5.94. The van der Waals surface area contributed by atoms with Crippen molar-refractivity contribution >= 4 is 22.8 Å². The number of hydrogen-bond acceptors (Lipinski definition) is 6. The quantitative estimate of drug-likeness (QED) is 0.514. The van der Waals surface area contributed by atoms with Crippen LogP contribution in [0, 0.1) is 0 Å². The molecule has 9 nitrogen and oxygen atoms in total. The molecule has 3 heterocycles. The number of piperazine rings is 1. The molecular weight excluding hydrogens is 420 g/mol. The molecule has 5 rings (SSSR count). The number of benzene rings is 2. The fraction of sp³-hybridized carbons (Fsp3) is 0.208. The third-order valence-corrected chi connectivity index (χ3v) is 5.82. The van der Waals surface area contributed by atoms with Crippen molar-refractivity contribution in [2.75, 3.05) is 31.1 Å². The Bertz CT molecular complexity index is 1420. The molecule has 1 N–H and O–H groups in total. The number of H-pyrrole nitrogens is 1. The number of hydrogen-bond donors (Lipinski definition) is 1. The lowest BCUT2D eigenvalue weighted by Gasteiger charge is -2.34. The maximum atomic E-state index is 13.1. The maximum Gasteiger partial charge on any atom is 0.329 e. The summed E-state index contributed by atoms with van der Waals surface area (Å²) in [5.41, 5.74) is 1.04. The van der Waals surface area contributed by atoms with E-state index in [0.717, 1.165) is 5.56 Å². The number of aromatic nitrogens is 4. The van der Waals surface area contributed by atoms with Crippen LogP contribution in [-0.4, -0.2) is 56.5 Å². The van der Waals surface area contributed by atoms with Crippen LogP contribution >= 0.6 is 0 Å². The Hall–Kier alpha value is -4.27. The van der Waals surface area contributed by atoms with Gasteiger partial charge < -0.3 is 9.80 Å². The van der Waals surface area contributed by atoms with Crippen molar-refractivity contribution in [2.24, 2.45) is 0 Å². The van der Waals surface area contributed by atoms with Crippen LogP contribution in [0.2, 0.25) is 0 Å². The molecule has 0 saturated carbocycles. The first kappa shape index (κ1) is 20.6. The van der Waals surface area contributed by atoms with Crippen LogP contribution in [0.25, 0.3) is 10.9 Å². The standard InChI is InChI=1S/C24H22N6O3/c31-21-19-7-1-2-8-20(19)30(24(33)27-21)16-17-5-3-6-18(15-17)22(32)28-11-13-29(14-12-28)23-25-9-4-10-26-23/h1-10,15H,11-14,16H2,(H,27,31,33). The maximum absolute atomic E-state index is 13.1. The van der Waals surface area contributed by atoms with Crippen LogP contribution in [0.15, 0.2) is 76.6 Å². The first-order valence-corrected chi connectivity index (χ1v) is 10.7. The Balaban J connectivity index is 1.34. The van der Waals surface area contributed by atoms with Crippen molar-refractivity contribution in [3.05, 3.63) is 99.0 Å². The number of nitrogens with one attached hydrogen (secondary N) is 1. The van der Waals surface area contributed by atoms with E-state index in [1.165, 1.54) is 4.57 Å². The summed E-state index contributed by atoms with van der Waals surface area (Å²) in [6.45, 7) is 2.72. The van der Waals surface area contributed by atoms with Crippen molar-refractivity contribution in [2.45, 2.75) is 6.54 Å². The lowest BCUT2D eigenvalue weighted by Crippen LogP contribution is -2.49. The number of amides is 1. The molecule has 0 aliphatic carbocycles. The number of rotatable bonds is 4. The summed E-state index contributed by atoms with van der Waals surface area (Å²) in [5, 5.41) is 0.449. The van der Waals surface area contributed by atoms with Gasteiger partial charge in [0.15, 0.2) is 0 Å². The minimum absolute atomic E-state index is 0.0517. The molecule has 0 spiro atoms. The van der Waals surface area contributed by atoms with E-state index in [1.54, 1.807) is 54.9 Å². The van der Waals surface area contributed by atoms with E-state index < -0.39 is 11.2 Å². The van der Waals surface area contributed by atoms with Gasteiger partial charge in [0.05, 0.1) is 17.4 Å². The molecule has 1 fully saturated rings. The van der Waals surface area contributed by atoms with Crippen LogP contribution in [0.3, 0.4) is 0 Å². The Labute approximate surface area is 189 Å². The third kappa shape index (κ3) is 4.12. The number of anilines is 1. The summed E-state index contributed by atoms with van der Waals surface area (Å²) in [5.74, 6) is 0.620. The average molecular weight is 442 g/mol. The van der Waals surface area contributed by atoms with E-state index in [9.17, 15) is 14.4 Å². The molecule has 0 bridgehead atoms. The molecule has 166 valence electrons. The smallest absolute Gasteiger partial charge is 0.329 e. The van der Waals surface area contributed by atoms with Gasteiger partial charge in [0.25, 0.3) is 11.5 Å². The van der Waals surface area contributed by atoms with Crippen LogP contribution < -0.4 is 16.1 Å². The number of aromatic amines is 1. The first-order chi connectivity index (χ1) is 16.1. The number of fused-ring (bicyclic) bond motifs is 1. The second kappa shape index (κ2) is 8.70. The number of para-hydroxylation sites is 1. The summed E-state index contributed by atoms with van der Waals surface area (Å²) in [4.78, 5) is 52.5. The summed E-state index contributed by atoms with van der Waals surface area (Å²) in [7, 11) is 0. The zero-order valence-corrected chi connectivity index (χ0v) is 17.8. The zero-order chi connectivity index (χ0) is 22.8. The van der Waals surface area contributed by atoms with Crippen molar-refractivity contribution < 1.29 is 4.79 Å². The predicted molar refractivity (Wildman–Crippen MR) is 125 cm³/mol. The lowest BCUT2D eigenvalue weighted by atomic mass is 10.1. The molecule has 0 unspecified atom stereocenters. The summed E-state index contributed by atoms with van der Waals surface area (Å²) in [6, 6.07) is 16.0. The minimum Gasteiger partial charge on any atom is -0.337 e. The monoisotopic (exact) mass is 442 g/mol. The molecule has 4 aromatic rings. The van der Waals surface area contributed by atoms with Gasteiger partial charge >= 0.3 is 5.69 Å². The van der Waals surface area contributed by atoms with E-state index in [1.807, 2.05) is 17.0 Å². The van der Waals surface area contributed by atoms with Gasteiger partial charge in [-0.25, -0.2) is 14.8 Å². The van der Waals surface area contributed by atoms with E-state index in [-0.39, 0.29) is 12.5 Å². The van der Waals surface area contributed by atoms with Gasteiger partial charge in [-0.1, -0.05) is 24.3 Å². The molecule has 2 aromatic heterocycles. The summed E-state index contributed by atoms with van der Waals surface area (Å²) in [6.07, 6.45) is 3.42. The summed E-state index contributed by atoms with van der Waals surface area (Å²) < 4.78 is 1.51. The van der Waals surface area contributed by atoms with Gasteiger partial charge in [0, 0.05) is 44.1 Å². The van der Waals surface area contributed by atoms with Crippen LogP contribution in [0.4, 0.5) is 5.95 Å². The molecule has 1 aliphatic heterocycles. The lowest BCUT2D eigenvalue weighted by molar-refractivity contribution is 0.0746. The Morgan fingerprint density at radius 1 is 0.909 bits per heavy atom. The van der Waals surface area contributed by atoms with Gasteiger partial charge in [-0.15, -0.1) is 0 Å². The topological polar surface area (TPSA) is 104 Å². The van der Waals surface area contributed by atoms with Crippen LogP contribution in [0.5, 0.6) is 0 Å². The largest absolute Gasteiger partial charge is 0.337 e. The van der Waals surface area contributed by atoms with E-state index in [2.05, 4.69) is 19.9 Å². The number of nitrogens with zero attached hydrogens (tertiary/aromatic N) is 5. The van der Waals surface area contributed by atoms with E-state index in [0.29, 0.717) is 48.6 Å². The molecule has 9 heteroatoms. The second-order valence-corrected chi connectivity index (χ2v) is 7.89. The highest BCUT2D eigenvalue weighted by atomic mass is 16.2. The van der Waals surface area contributed by atoms with Crippen molar-refractivity contribution in [1.82, 2.24) is 24.4 Å². The van der Waals surface area contributed by atoms with Gasteiger partial charge in [-0.05, 0) is 35.9 Å². The van der Waals surface area contributed by atoms with Crippen LogP contribution in [0.1, 0.15) is 15.9 Å². The highest BCUT2D eigenvalue weighted by Crippen LogP contribution is 2.15. The molecule has 2 aromatic carbocycles. The molecule has 1 aliphatic rings. The molecule has 33 heavy (non-hydrogen) atoms. The fourth-order valence-electron chi connectivity index (χ4n) is 4.13. The minimum atomic E-state index is -0.477. The molecule has 1 amide bonds. The molecule has 0 atom stereocenters. The van der Waals surface area contributed by atoms with E-state index in [4.69, 9.17) is 0 Å². The number of carbonyl (C=O) groups is 1. The highest BCUT2D eigenvalue weighted by Gasteiger charge is 2.23. The fourth-order valence-corrected chi connectivity index (χ4v) is 4.13. The zero-order valence-electron chi connectivity index (χ0n) is 17.8. The second-order valence-electron chi connectivity index (χ2n) is 7.89. The number of carbonyl (C=O) groups excluding carboxylic acids is 1. The average Bonchev–Trinajstić information content (AvgIpc) is 2.87. The Morgan fingerprint density at radius 2 is 1.67 bits per heavy atom. The van der Waals surface area contributed by atoms with E-state index >= 15 is 0 Å². The normalized spacial score (nSPS) is 13.9. The van der Waals surface area contributed by atoms with Gasteiger partial charge in [0.2, 0.25) is 5.95 Å². The third-order valence-electron chi connectivity index (χ3n) is 5.82. The van der Waals surface area contributed by atoms with Crippen molar-refractivity contribution in [3.8, 4) is 0 Å².